The summed E-state index contributed by atoms with van der Waals surface area (Å²) in [6.45, 7) is 2.24. The molecule has 19 heavy (non-hydrogen) atoms. The van der Waals surface area contributed by atoms with Crippen molar-refractivity contribution in [1.82, 2.24) is 0 Å². The third-order valence-corrected chi connectivity index (χ3v) is 3.94. The molecule has 2 unspecified atom stereocenters. The number of hydrogen-bond acceptors (Lipinski definition) is 2. The molecular weight excluding hydrogens is 257 g/mol. The SMILES string of the molecule is CCC1(CC(O)C(F)(F)F)CCOc2ccccc21. The normalized spacial score (nSPS) is 24.5. The average Bonchev–Trinajstić information content (AvgIpc) is 2.38. The van der Waals surface area contributed by atoms with Gasteiger partial charge in [-0.1, -0.05) is 25.1 Å². The largest absolute Gasteiger partial charge is 0.493 e. The van der Waals surface area contributed by atoms with Crippen molar-refractivity contribution in [3.05, 3.63) is 29.8 Å². The van der Waals surface area contributed by atoms with Gasteiger partial charge in [0.05, 0.1) is 6.61 Å². The van der Waals surface area contributed by atoms with Gasteiger partial charge in [0.1, 0.15) is 5.75 Å². The van der Waals surface area contributed by atoms with Crippen molar-refractivity contribution in [1.29, 1.82) is 0 Å². The lowest BCUT2D eigenvalue weighted by Gasteiger charge is -2.39. The molecular formula is C14H17F3O2. The topological polar surface area (TPSA) is 29.5 Å². The van der Waals surface area contributed by atoms with E-state index in [0.717, 1.165) is 5.56 Å². The van der Waals surface area contributed by atoms with Crippen molar-refractivity contribution in [2.45, 2.75) is 43.9 Å². The van der Waals surface area contributed by atoms with Gasteiger partial charge < -0.3 is 9.84 Å². The van der Waals surface area contributed by atoms with Crippen LogP contribution in [-0.4, -0.2) is 24.0 Å². The van der Waals surface area contributed by atoms with Gasteiger partial charge in [0.2, 0.25) is 0 Å². The Labute approximate surface area is 110 Å². The summed E-state index contributed by atoms with van der Waals surface area (Å²) in [4.78, 5) is 0. The van der Waals surface area contributed by atoms with Crippen LogP contribution in [0.3, 0.4) is 0 Å². The Morgan fingerprint density at radius 2 is 2.05 bits per heavy atom. The third kappa shape index (κ3) is 2.71. The van der Waals surface area contributed by atoms with Crippen molar-refractivity contribution in [2.24, 2.45) is 0 Å². The summed E-state index contributed by atoms with van der Waals surface area (Å²) in [7, 11) is 0. The van der Waals surface area contributed by atoms with Gasteiger partial charge in [-0.2, -0.15) is 13.2 Å². The maximum absolute atomic E-state index is 12.6. The molecule has 106 valence electrons. The maximum Gasteiger partial charge on any atom is 0.414 e. The number of para-hydroxylation sites is 1. The van der Waals surface area contributed by atoms with Gasteiger partial charge in [-0.15, -0.1) is 0 Å². The third-order valence-electron chi connectivity index (χ3n) is 3.94. The molecule has 0 fully saturated rings. The van der Waals surface area contributed by atoms with Gasteiger partial charge in [0.25, 0.3) is 0 Å². The monoisotopic (exact) mass is 274 g/mol. The van der Waals surface area contributed by atoms with E-state index in [-0.39, 0.29) is 6.42 Å². The fourth-order valence-electron chi connectivity index (χ4n) is 2.73. The van der Waals surface area contributed by atoms with Gasteiger partial charge >= 0.3 is 6.18 Å². The predicted molar refractivity (Wildman–Crippen MR) is 65.2 cm³/mol. The van der Waals surface area contributed by atoms with Crippen molar-refractivity contribution in [2.75, 3.05) is 6.61 Å². The minimum atomic E-state index is -4.57. The highest BCUT2D eigenvalue weighted by molar-refractivity contribution is 5.41. The number of hydrogen-bond donors (Lipinski definition) is 1. The van der Waals surface area contributed by atoms with Gasteiger partial charge in [0, 0.05) is 11.0 Å². The summed E-state index contributed by atoms with van der Waals surface area (Å²) in [6, 6.07) is 7.14. The summed E-state index contributed by atoms with van der Waals surface area (Å²) < 4.78 is 43.3. The van der Waals surface area contributed by atoms with Gasteiger partial charge in [-0.05, 0) is 25.3 Å². The fraction of sp³-hybridized carbons (Fsp3) is 0.571. The van der Waals surface area contributed by atoms with Crippen LogP contribution in [-0.2, 0) is 5.41 Å². The summed E-state index contributed by atoms with van der Waals surface area (Å²) >= 11 is 0. The zero-order valence-corrected chi connectivity index (χ0v) is 10.7. The highest BCUT2D eigenvalue weighted by Crippen LogP contribution is 2.45. The maximum atomic E-state index is 12.6. The summed E-state index contributed by atoms with van der Waals surface area (Å²) in [5, 5.41) is 9.39. The first kappa shape index (κ1) is 14.2. The van der Waals surface area contributed by atoms with E-state index in [1.807, 2.05) is 6.92 Å². The van der Waals surface area contributed by atoms with Crippen LogP contribution in [0.2, 0.25) is 0 Å². The number of ether oxygens (including phenoxy) is 1. The average molecular weight is 274 g/mol. The first-order chi connectivity index (χ1) is 8.89. The Balaban J connectivity index is 2.34. The molecule has 2 rings (SSSR count). The number of alkyl halides is 3. The lowest BCUT2D eigenvalue weighted by atomic mass is 9.70. The first-order valence-corrected chi connectivity index (χ1v) is 6.36. The van der Waals surface area contributed by atoms with E-state index >= 15 is 0 Å². The van der Waals surface area contributed by atoms with Gasteiger partial charge in [-0.25, -0.2) is 0 Å². The van der Waals surface area contributed by atoms with Crippen molar-refractivity contribution in [3.8, 4) is 5.75 Å². The Morgan fingerprint density at radius 1 is 1.37 bits per heavy atom. The molecule has 0 bridgehead atoms. The molecule has 0 aliphatic carbocycles. The van der Waals surface area contributed by atoms with Crippen LogP contribution in [0, 0.1) is 0 Å². The molecule has 0 radical (unpaired) electrons. The number of benzene rings is 1. The molecule has 0 saturated carbocycles. The van der Waals surface area contributed by atoms with E-state index in [1.165, 1.54) is 0 Å². The lowest BCUT2D eigenvalue weighted by molar-refractivity contribution is -0.210. The molecule has 0 saturated heterocycles. The van der Waals surface area contributed by atoms with Crippen LogP contribution in [0.5, 0.6) is 5.75 Å². The van der Waals surface area contributed by atoms with E-state index in [2.05, 4.69) is 0 Å². The second kappa shape index (κ2) is 5.04. The molecule has 1 N–H and O–H groups in total. The van der Waals surface area contributed by atoms with Crippen LogP contribution in [0.4, 0.5) is 13.2 Å². The number of rotatable bonds is 3. The number of fused-ring (bicyclic) bond motifs is 1. The molecule has 0 aromatic heterocycles. The molecule has 2 atom stereocenters. The van der Waals surface area contributed by atoms with E-state index < -0.39 is 17.7 Å². The molecule has 1 aromatic rings. The summed E-state index contributed by atoms with van der Waals surface area (Å²) in [6.07, 6.45) is -6.14. The standard InChI is InChI=1S/C14H17F3O2/c1-2-13(9-12(18)14(15,16)17)7-8-19-11-6-4-3-5-10(11)13/h3-6,12,18H,2,7-9H2,1H3. The van der Waals surface area contributed by atoms with Crippen LogP contribution >= 0.6 is 0 Å². The second-order valence-electron chi connectivity index (χ2n) is 4.99. The van der Waals surface area contributed by atoms with Crippen LogP contribution in [0.25, 0.3) is 0 Å². The van der Waals surface area contributed by atoms with Crippen molar-refractivity contribution < 1.29 is 23.0 Å². The van der Waals surface area contributed by atoms with E-state index in [4.69, 9.17) is 4.74 Å². The Bertz CT molecular complexity index is 445. The highest BCUT2D eigenvalue weighted by atomic mass is 19.4. The zero-order chi connectivity index (χ0) is 14.1. The lowest BCUT2D eigenvalue weighted by Crippen LogP contribution is -2.40. The minimum absolute atomic E-state index is 0.312. The van der Waals surface area contributed by atoms with E-state index in [9.17, 15) is 18.3 Å². The zero-order valence-electron chi connectivity index (χ0n) is 10.7. The van der Waals surface area contributed by atoms with Crippen LogP contribution in [0.1, 0.15) is 31.7 Å². The molecule has 2 nitrogen and oxygen atoms in total. The summed E-state index contributed by atoms with van der Waals surface area (Å²) in [5.74, 6) is 0.630. The van der Waals surface area contributed by atoms with E-state index in [0.29, 0.717) is 25.2 Å². The molecule has 5 heteroatoms. The first-order valence-electron chi connectivity index (χ1n) is 6.36. The van der Waals surface area contributed by atoms with Crippen LogP contribution in [0.15, 0.2) is 24.3 Å². The Hall–Kier alpha value is -1.23. The van der Waals surface area contributed by atoms with Crippen LogP contribution < -0.4 is 4.74 Å². The molecule has 1 heterocycles. The minimum Gasteiger partial charge on any atom is -0.493 e. The Morgan fingerprint density at radius 3 is 2.68 bits per heavy atom. The van der Waals surface area contributed by atoms with Gasteiger partial charge in [0.15, 0.2) is 6.10 Å². The van der Waals surface area contributed by atoms with E-state index in [1.54, 1.807) is 24.3 Å². The molecule has 0 spiro atoms. The van der Waals surface area contributed by atoms with Crippen molar-refractivity contribution >= 4 is 0 Å². The van der Waals surface area contributed by atoms with Crippen molar-refractivity contribution in [3.63, 3.8) is 0 Å². The molecule has 1 aliphatic heterocycles. The Kier molecular flexibility index (Phi) is 3.76. The molecule has 1 aromatic carbocycles. The quantitative estimate of drug-likeness (QED) is 0.915. The number of aliphatic hydroxyl groups excluding tert-OH is 1. The van der Waals surface area contributed by atoms with Gasteiger partial charge in [-0.3, -0.25) is 0 Å². The number of halogens is 3. The highest BCUT2D eigenvalue weighted by Gasteiger charge is 2.46. The second-order valence-corrected chi connectivity index (χ2v) is 4.99. The summed E-state index contributed by atoms with van der Waals surface area (Å²) in [5.41, 5.74) is 0.108. The predicted octanol–water partition coefficient (Wildman–Crippen LogP) is 3.43. The molecule has 0 amide bonds. The fourth-order valence-corrected chi connectivity index (χ4v) is 2.73. The smallest absolute Gasteiger partial charge is 0.414 e. The molecule has 1 aliphatic rings. The number of aliphatic hydroxyl groups is 1.